The summed E-state index contributed by atoms with van der Waals surface area (Å²) < 4.78 is 0. The molecule has 0 unspecified atom stereocenters. The Labute approximate surface area is 132 Å². The van der Waals surface area contributed by atoms with Gasteiger partial charge in [0.05, 0.1) is 11.4 Å². The normalized spacial score (nSPS) is 21.9. The van der Waals surface area contributed by atoms with Gasteiger partial charge in [0.15, 0.2) is 0 Å². The van der Waals surface area contributed by atoms with Crippen molar-refractivity contribution in [1.29, 1.82) is 0 Å². The zero-order chi connectivity index (χ0) is 15.2. The van der Waals surface area contributed by atoms with Gasteiger partial charge in [-0.05, 0) is 37.1 Å². The Hall–Kier alpha value is -1.78. The average molecular weight is 296 g/mol. The molecule has 116 valence electrons. The van der Waals surface area contributed by atoms with Gasteiger partial charge in [0, 0.05) is 37.6 Å². The minimum absolute atomic E-state index is 0.251. The molecule has 4 nitrogen and oxygen atoms in total. The first-order valence-corrected chi connectivity index (χ1v) is 8.12. The molecule has 1 fully saturated rings. The Kier molecular flexibility index (Phi) is 5.14. The molecule has 1 aliphatic carbocycles. The van der Waals surface area contributed by atoms with Crippen LogP contribution in [0, 0.1) is 0 Å². The summed E-state index contributed by atoms with van der Waals surface area (Å²) in [6.45, 7) is 1.66. The summed E-state index contributed by atoms with van der Waals surface area (Å²) >= 11 is 0. The van der Waals surface area contributed by atoms with Crippen LogP contribution < -0.4 is 5.73 Å². The molecule has 2 aromatic rings. The standard InChI is InChI=1S/C18H24N4/c19-17-9-1-2-10-18(17)22(13-15-7-3-5-11-20-15)14-16-8-4-6-12-21-16/h3-8,11-12,17-18H,1-2,9-10,13-14,19H2/t17-,18-/m0/s1. The van der Waals surface area contributed by atoms with Crippen LogP contribution in [-0.4, -0.2) is 27.0 Å². The number of hydrogen-bond donors (Lipinski definition) is 1. The highest BCUT2D eigenvalue weighted by atomic mass is 15.2. The summed E-state index contributed by atoms with van der Waals surface area (Å²) in [6.07, 6.45) is 8.51. The van der Waals surface area contributed by atoms with Gasteiger partial charge in [-0.2, -0.15) is 0 Å². The van der Waals surface area contributed by atoms with Gasteiger partial charge in [-0.25, -0.2) is 0 Å². The number of nitrogens with zero attached hydrogens (tertiary/aromatic N) is 3. The van der Waals surface area contributed by atoms with Crippen molar-refractivity contribution in [3.05, 3.63) is 60.2 Å². The maximum absolute atomic E-state index is 6.40. The fourth-order valence-corrected chi connectivity index (χ4v) is 3.28. The highest BCUT2D eigenvalue weighted by Crippen LogP contribution is 2.24. The quantitative estimate of drug-likeness (QED) is 0.922. The number of pyridine rings is 2. The Morgan fingerprint density at radius 1 is 0.909 bits per heavy atom. The molecule has 1 saturated carbocycles. The first-order valence-electron chi connectivity index (χ1n) is 8.12. The number of nitrogens with two attached hydrogens (primary N) is 1. The predicted octanol–water partition coefficient (Wildman–Crippen LogP) is 2.75. The molecule has 0 aliphatic heterocycles. The van der Waals surface area contributed by atoms with Crippen molar-refractivity contribution < 1.29 is 0 Å². The lowest BCUT2D eigenvalue weighted by atomic mass is 9.89. The average Bonchev–Trinajstić information content (AvgIpc) is 2.57. The Morgan fingerprint density at radius 2 is 1.50 bits per heavy atom. The molecule has 1 aliphatic rings. The van der Waals surface area contributed by atoms with E-state index >= 15 is 0 Å². The molecular formula is C18H24N4. The SMILES string of the molecule is N[C@H]1CCCC[C@@H]1N(Cc1ccccn1)Cc1ccccn1. The van der Waals surface area contributed by atoms with Gasteiger partial charge < -0.3 is 5.73 Å². The lowest BCUT2D eigenvalue weighted by molar-refractivity contribution is 0.119. The molecule has 0 spiro atoms. The Morgan fingerprint density at radius 3 is 2.00 bits per heavy atom. The molecule has 0 amide bonds. The summed E-state index contributed by atoms with van der Waals surface area (Å²) in [5.41, 5.74) is 8.59. The van der Waals surface area contributed by atoms with E-state index in [0.717, 1.165) is 30.9 Å². The van der Waals surface area contributed by atoms with E-state index in [4.69, 9.17) is 5.73 Å². The van der Waals surface area contributed by atoms with E-state index in [1.807, 2.05) is 36.7 Å². The third-order valence-corrected chi connectivity index (χ3v) is 4.43. The van der Waals surface area contributed by atoms with E-state index in [0.29, 0.717) is 6.04 Å². The van der Waals surface area contributed by atoms with Gasteiger partial charge in [0.1, 0.15) is 0 Å². The molecule has 0 aromatic carbocycles. The summed E-state index contributed by atoms with van der Waals surface area (Å²) in [7, 11) is 0. The minimum Gasteiger partial charge on any atom is -0.326 e. The van der Waals surface area contributed by atoms with Crippen molar-refractivity contribution in [1.82, 2.24) is 14.9 Å². The van der Waals surface area contributed by atoms with E-state index in [-0.39, 0.29) is 6.04 Å². The van der Waals surface area contributed by atoms with Gasteiger partial charge >= 0.3 is 0 Å². The maximum Gasteiger partial charge on any atom is 0.0544 e. The van der Waals surface area contributed by atoms with Crippen LogP contribution in [0.15, 0.2) is 48.8 Å². The fourth-order valence-electron chi connectivity index (χ4n) is 3.28. The number of rotatable bonds is 5. The summed E-state index contributed by atoms with van der Waals surface area (Å²) in [4.78, 5) is 11.4. The largest absolute Gasteiger partial charge is 0.326 e. The van der Waals surface area contributed by atoms with Crippen molar-refractivity contribution in [2.24, 2.45) is 5.73 Å². The monoisotopic (exact) mass is 296 g/mol. The number of hydrogen-bond acceptors (Lipinski definition) is 4. The van der Waals surface area contributed by atoms with Gasteiger partial charge in [0.25, 0.3) is 0 Å². The zero-order valence-electron chi connectivity index (χ0n) is 12.9. The van der Waals surface area contributed by atoms with Crippen molar-refractivity contribution in [3.63, 3.8) is 0 Å². The Balaban J connectivity index is 1.78. The fraction of sp³-hybridized carbons (Fsp3) is 0.444. The Bertz CT molecular complexity index is 516. The van der Waals surface area contributed by atoms with E-state index in [1.54, 1.807) is 0 Å². The van der Waals surface area contributed by atoms with Crippen LogP contribution in [0.1, 0.15) is 37.1 Å². The second-order valence-corrected chi connectivity index (χ2v) is 6.06. The first kappa shape index (κ1) is 15.1. The van der Waals surface area contributed by atoms with Crippen LogP contribution in [-0.2, 0) is 13.1 Å². The topological polar surface area (TPSA) is 55.0 Å². The molecule has 0 bridgehead atoms. The van der Waals surface area contributed by atoms with E-state index < -0.39 is 0 Å². The van der Waals surface area contributed by atoms with Crippen molar-refractivity contribution in [2.45, 2.75) is 50.9 Å². The van der Waals surface area contributed by atoms with Crippen LogP contribution in [0.4, 0.5) is 0 Å². The molecule has 2 aromatic heterocycles. The first-order chi connectivity index (χ1) is 10.8. The molecule has 3 rings (SSSR count). The van der Waals surface area contributed by atoms with Crippen molar-refractivity contribution in [2.75, 3.05) is 0 Å². The lowest BCUT2D eigenvalue weighted by Gasteiger charge is -2.38. The molecule has 2 atom stereocenters. The second-order valence-electron chi connectivity index (χ2n) is 6.06. The summed E-state index contributed by atoms with van der Waals surface area (Å²) in [5, 5.41) is 0. The molecule has 0 radical (unpaired) electrons. The minimum atomic E-state index is 0.251. The smallest absolute Gasteiger partial charge is 0.0544 e. The van der Waals surface area contributed by atoms with Crippen LogP contribution in [0.25, 0.3) is 0 Å². The molecule has 4 heteroatoms. The molecule has 0 saturated heterocycles. The molecule has 22 heavy (non-hydrogen) atoms. The van der Waals surface area contributed by atoms with Crippen LogP contribution in [0.3, 0.4) is 0 Å². The second kappa shape index (κ2) is 7.47. The zero-order valence-corrected chi connectivity index (χ0v) is 12.9. The maximum atomic E-state index is 6.40. The van der Waals surface area contributed by atoms with Gasteiger partial charge in [-0.15, -0.1) is 0 Å². The van der Waals surface area contributed by atoms with E-state index in [9.17, 15) is 0 Å². The van der Waals surface area contributed by atoms with Crippen LogP contribution in [0.5, 0.6) is 0 Å². The predicted molar refractivity (Wildman–Crippen MR) is 88.0 cm³/mol. The lowest BCUT2D eigenvalue weighted by Crippen LogP contribution is -2.49. The number of aromatic nitrogens is 2. The highest BCUT2D eigenvalue weighted by Gasteiger charge is 2.28. The van der Waals surface area contributed by atoms with Crippen LogP contribution in [0.2, 0.25) is 0 Å². The van der Waals surface area contributed by atoms with Crippen LogP contribution >= 0.6 is 0 Å². The third-order valence-electron chi connectivity index (χ3n) is 4.43. The highest BCUT2D eigenvalue weighted by molar-refractivity contribution is 5.07. The van der Waals surface area contributed by atoms with E-state index in [1.165, 1.54) is 19.3 Å². The van der Waals surface area contributed by atoms with Gasteiger partial charge in [0.2, 0.25) is 0 Å². The van der Waals surface area contributed by atoms with Crippen molar-refractivity contribution in [3.8, 4) is 0 Å². The van der Waals surface area contributed by atoms with Crippen molar-refractivity contribution >= 4 is 0 Å². The van der Waals surface area contributed by atoms with Gasteiger partial charge in [-0.1, -0.05) is 25.0 Å². The van der Waals surface area contributed by atoms with Gasteiger partial charge in [-0.3, -0.25) is 14.9 Å². The summed E-state index contributed by atoms with van der Waals surface area (Å²) in [6, 6.07) is 12.8. The molecule has 2 heterocycles. The molecular weight excluding hydrogens is 272 g/mol. The molecule has 2 N–H and O–H groups in total. The third kappa shape index (κ3) is 3.90. The van der Waals surface area contributed by atoms with E-state index in [2.05, 4.69) is 27.0 Å². The summed E-state index contributed by atoms with van der Waals surface area (Å²) in [5.74, 6) is 0.